The average molecular weight is 208 g/mol. The molecule has 86 valence electrons. The second-order valence-corrected chi connectivity index (χ2v) is 6.18. The molecule has 1 heterocycles. The minimum absolute atomic E-state index is 0.0418. The fourth-order valence-electron chi connectivity index (χ4n) is 1.28. The van der Waals surface area contributed by atoms with E-state index < -0.39 is 0 Å². The van der Waals surface area contributed by atoms with Gasteiger partial charge in [0, 0.05) is 6.20 Å². The Labute approximate surface area is 93.7 Å². The van der Waals surface area contributed by atoms with Crippen LogP contribution in [0.15, 0.2) is 12.4 Å². The molecule has 0 saturated heterocycles. The number of hydrogen-bond donors (Lipinski definition) is 0. The highest BCUT2D eigenvalue weighted by atomic mass is 15.3. The topological polar surface area (TPSA) is 17.8 Å². The van der Waals surface area contributed by atoms with E-state index in [-0.39, 0.29) is 11.0 Å². The van der Waals surface area contributed by atoms with Crippen LogP contribution in [0.1, 0.15) is 59.9 Å². The van der Waals surface area contributed by atoms with Crippen LogP contribution in [0.2, 0.25) is 0 Å². The summed E-state index contributed by atoms with van der Waals surface area (Å²) < 4.78 is 2.10. The summed E-state index contributed by atoms with van der Waals surface area (Å²) in [5, 5.41) is 4.49. The quantitative estimate of drug-likeness (QED) is 0.723. The summed E-state index contributed by atoms with van der Waals surface area (Å²) in [4.78, 5) is 0. The van der Waals surface area contributed by atoms with Gasteiger partial charge < -0.3 is 0 Å². The summed E-state index contributed by atoms with van der Waals surface area (Å²) in [6.45, 7) is 15.6. The van der Waals surface area contributed by atoms with Gasteiger partial charge in [0.2, 0.25) is 0 Å². The first-order valence-electron chi connectivity index (χ1n) is 5.71. The van der Waals surface area contributed by atoms with Crippen molar-refractivity contribution in [2.75, 3.05) is 0 Å². The fourth-order valence-corrected chi connectivity index (χ4v) is 1.28. The van der Waals surface area contributed by atoms with E-state index in [2.05, 4.69) is 64.4 Å². The minimum Gasteiger partial charge on any atom is -0.266 e. The van der Waals surface area contributed by atoms with Gasteiger partial charge in [-0.2, -0.15) is 5.10 Å². The summed E-state index contributed by atoms with van der Waals surface area (Å²) in [6, 6.07) is 0. The molecule has 0 atom stereocenters. The molecule has 0 radical (unpaired) electrons. The zero-order chi connectivity index (χ0) is 11.9. The molecule has 0 aliphatic rings. The normalized spacial score (nSPS) is 13.6. The lowest BCUT2D eigenvalue weighted by atomic mass is 9.76. The molecule has 0 amide bonds. The lowest BCUT2D eigenvalue weighted by Crippen LogP contribution is -2.40. The average Bonchev–Trinajstić information content (AvgIpc) is 2.49. The maximum Gasteiger partial charge on any atom is 0.0619 e. The molecule has 0 bridgehead atoms. The van der Waals surface area contributed by atoms with Crippen molar-refractivity contribution in [2.45, 2.75) is 59.9 Å². The number of hydrogen-bond acceptors (Lipinski definition) is 1. The van der Waals surface area contributed by atoms with Crippen LogP contribution < -0.4 is 0 Å². The Kier molecular flexibility index (Phi) is 2.99. The Morgan fingerprint density at radius 2 is 1.67 bits per heavy atom. The molecule has 0 fully saturated rings. The highest BCUT2D eigenvalue weighted by Gasteiger charge is 2.35. The molecule has 0 spiro atoms. The zero-order valence-corrected chi connectivity index (χ0v) is 11.1. The third-order valence-electron chi connectivity index (χ3n) is 3.68. The van der Waals surface area contributed by atoms with Crippen LogP contribution >= 0.6 is 0 Å². The highest BCUT2D eigenvalue weighted by molar-refractivity contribution is 5.10. The molecule has 0 aromatic carbocycles. The van der Waals surface area contributed by atoms with Crippen molar-refractivity contribution >= 4 is 0 Å². The molecule has 0 aliphatic carbocycles. The van der Waals surface area contributed by atoms with Crippen molar-refractivity contribution in [2.24, 2.45) is 5.41 Å². The van der Waals surface area contributed by atoms with E-state index in [4.69, 9.17) is 0 Å². The van der Waals surface area contributed by atoms with Crippen molar-refractivity contribution in [3.05, 3.63) is 18.0 Å². The van der Waals surface area contributed by atoms with E-state index in [0.717, 1.165) is 0 Å². The predicted octanol–water partition coefficient (Wildman–Crippen LogP) is 3.79. The van der Waals surface area contributed by atoms with Crippen LogP contribution in [0.4, 0.5) is 0 Å². The summed E-state index contributed by atoms with van der Waals surface area (Å²) in [7, 11) is 0. The van der Waals surface area contributed by atoms with Gasteiger partial charge in [-0.25, -0.2) is 0 Å². The van der Waals surface area contributed by atoms with Crippen LogP contribution in [0.3, 0.4) is 0 Å². The van der Waals surface area contributed by atoms with Crippen LogP contribution in [0.5, 0.6) is 0 Å². The predicted molar refractivity (Wildman–Crippen MR) is 65.1 cm³/mol. The second-order valence-electron chi connectivity index (χ2n) is 6.18. The van der Waals surface area contributed by atoms with Gasteiger partial charge in [-0.05, 0) is 30.7 Å². The molecule has 1 aromatic rings. The van der Waals surface area contributed by atoms with E-state index in [0.29, 0.717) is 5.92 Å². The number of nitrogens with zero attached hydrogens (tertiary/aromatic N) is 2. The first-order chi connectivity index (χ1) is 6.66. The maximum atomic E-state index is 4.49. The summed E-state index contributed by atoms with van der Waals surface area (Å²) in [5.74, 6) is 0.550. The lowest BCUT2D eigenvalue weighted by molar-refractivity contribution is 0.124. The van der Waals surface area contributed by atoms with Gasteiger partial charge in [0.05, 0.1) is 11.7 Å². The standard InChI is InChI=1S/C13H24N2/c1-10(2)11-8-14-15(9-11)13(6,7)12(3,4)5/h8-10H,1-7H3. The van der Waals surface area contributed by atoms with Gasteiger partial charge in [0.25, 0.3) is 0 Å². The van der Waals surface area contributed by atoms with Gasteiger partial charge in [-0.1, -0.05) is 34.6 Å². The van der Waals surface area contributed by atoms with Gasteiger partial charge in [-0.3, -0.25) is 4.68 Å². The van der Waals surface area contributed by atoms with Crippen LogP contribution in [0, 0.1) is 5.41 Å². The molecule has 1 aromatic heterocycles. The van der Waals surface area contributed by atoms with Gasteiger partial charge in [-0.15, -0.1) is 0 Å². The first kappa shape index (κ1) is 12.3. The summed E-state index contributed by atoms with van der Waals surface area (Å²) >= 11 is 0. The smallest absolute Gasteiger partial charge is 0.0619 e. The molecule has 0 N–H and O–H groups in total. The molecule has 2 heteroatoms. The second kappa shape index (κ2) is 3.66. The van der Waals surface area contributed by atoms with E-state index in [1.807, 2.05) is 6.20 Å². The number of aromatic nitrogens is 2. The van der Waals surface area contributed by atoms with Crippen molar-refractivity contribution in [3.8, 4) is 0 Å². The maximum absolute atomic E-state index is 4.49. The van der Waals surface area contributed by atoms with E-state index >= 15 is 0 Å². The largest absolute Gasteiger partial charge is 0.266 e. The molecule has 0 unspecified atom stereocenters. The number of rotatable bonds is 2. The Morgan fingerprint density at radius 3 is 2.00 bits per heavy atom. The van der Waals surface area contributed by atoms with E-state index in [1.165, 1.54) is 5.56 Å². The third-order valence-corrected chi connectivity index (χ3v) is 3.68. The first-order valence-corrected chi connectivity index (χ1v) is 5.71. The minimum atomic E-state index is 0.0418. The third kappa shape index (κ3) is 2.24. The van der Waals surface area contributed by atoms with E-state index in [1.54, 1.807) is 0 Å². The Balaban J connectivity index is 3.06. The molecule has 0 saturated carbocycles. The molecule has 2 nitrogen and oxygen atoms in total. The molecular formula is C13H24N2. The SMILES string of the molecule is CC(C)c1cnn(C(C)(C)C(C)(C)C)c1. The van der Waals surface area contributed by atoms with Gasteiger partial charge in [0.1, 0.15) is 0 Å². The van der Waals surface area contributed by atoms with Crippen LogP contribution in [0.25, 0.3) is 0 Å². The van der Waals surface area contributed by atoms with Crippen molar-refractivity contribution < 1.29 is 0 Å². The Hall–Kier alpha value is -0.790. The lowest BCUT2D eigenvalue weighted by Gasteiger charge is -2.39. The Bertz CT molecular complexity index is 327. The van der Waals surface area contributed by atoms with Crippen molar-refractivity contribution in [1.29, 1.82) is 0 Å². The Morgan fingerprint density at radius 1 is 1.13 bits per heavy atom. The van der Waals surface area contributed by atoms with E-state index in [9.17, 15) is 0 Å². The molecule has 1 rings (SSSR count). The van der Waals surface area contributed by atoms with Gasteiger partial charge in [0.15, 0.2) is 0 Å². The van der Waals surface area contributed by atoms with Gasteiger partial charge >= 0.3 is 0 Å². The zero-order valence-electron chi connectivity index (χ0n) is 11.1. The van der Waals surface area contributed by atoms with Crippen molar-refractivity contribution in [3.63, 3.8) is 0 Å². The van der Waals surface area contributed by atoms with Crippen LogP contribution in [-0.4, -0.2) is 9.78 Å². The summed E-state index contributed by atoms with van der Waals surface area (Å²) in [5.41, 5.74) is 1.56. The summed E-state index contributed by atoms with van der Waals surface area (Å²) in [6.07, 6.45) is 4.16. The monoisotopic (exact) mass is 208 g/mol. The highest BCUT2D eigenvalue weighted by Crippen LogP contribution is 2.36. The molecule has 0 aliphatic heterocycles. The molecular weight excluding hydrogens is 184 g/mol. The molecule has 15 heavy (non-hydrogen) atoms. The van der Waals surface area contributed by atoms with Crippen molar-refractivity contribution in [1.82, 2.24) is 9.78 Å². The van der Waals surface area contributed by atoms with Crippen LogP contribution in [-0.2, 0) is 5.54 Å². The fraction of sp³-hybridized carbons (Fsp3) is 0.769.